The molecule has 1 heterocycles. The fourth-order valence-electron chi connectivity index (χ4n) is 4.05. The number of nitrogens with one attached hydrogen (secondary N) is 2. The number of guanidine groups is 1. The molecule has 0 fully saturated rings. The smallest absolute Gasteiger partial charge is 0.195 e. The quantitative estimate of drug-likeness (QED) is 0.212. The number of aliphatic imine (C=N–C) groups is 2. The molecule has 4 rings (SSSR count). The second-order valence-corrected chi connectivity index (χ2v) is 8.90. The Hall–Kier alpha value is -2.80. The zero-order chi connectivity index (χ0) is 22.3. The lowest BCUT2D eigenvalue weighted by atomic mass is 9.90. The van der Waals surface area contributed by atoms with Crippen LogP contribution in [-0.4, -0.2) is 37.5 Å². The molecule has 2 aromatic rings. The van der Waals surface area contributed by atoms with Crippen molar-refractivity contribution in [3.63, 3.8) is 0 Å². The summed E-state index contributed by atoms with van der Waals surface area (Å²) in [5.41, 5.74) is 7.11. The van der Waals surface area contributed by atoms with Crippen LogP contribution in [0.4, 0.5) is 5.69 Å². The van der Waals surface area contributed by atoms with Crippen molar-refractivity contribution in [2.75, 3.05) is 24.3 Å². The topological polar surface area (TPSA) is 70.4 Å². The van der Waals surface area contributed by atoms with Crippen LogP contribution in [0.2, 0.25) is 0 Å². The van der Waals surface area contributed by atoms with Crippen molar-refractivity contribution in [1.29, 1.82) is 0 Å². The molecule has 1 aliphatic carbocycles. The van der Waals surface area contributed by atoms with E-state index >= 15 is 0 Å². The Balaban J connectivity index is 1.37. The summed E-state index contributed by atoms with van der Waals surface area (Å²) < 4.78 is 10.6. The SMILES string of the molecule is C=N/C(=N\SCOc1cc(C)c(NC2=NCCCN2)cc1C)c1ccc2c(c1)CCCC2. The van der Waals surface area contributed by atoms with Crippen molar-refractivity contribution >= 4 is 36.1 Å². The first-order valence-electron chi connectivity index (χ1n) is 11.2. The number of amidine groups is 1. The molecule has 168 valence electrons. The van der Waals surface area contributed by atoms with Gasteiger partial charge in [0, 0.05) is 36.3 Å². The van der Waals surface area contributed by atoms with Gasteiger partial charge in [-0.25, -0.2) is 4.99 Å². The third kappa shape index (κ3) is 5.51. The van der Waals surface area contributed by atoms with Crippen molar-refractivity contribution in [3.8, 4) is 5.75 Å². The minimum atomic E-state index is 0.408. The molecule has 2 aliphatic rings. The molecule has 0 atom stereocenters. The second kappa shape index (κ2) is 10.7. The molecule has 1 aliphatic heterocycles. The highest BCUT2D eigenvalue weighted by molar-refractivity contribution is 7.98. The van der Waals surface area contributed by atoms with Crippen LogP contribution >= 0.6 is 11.9 Å². The lowest BCUT2D eigenvalue weighted by Crippen LogP contribution is -2.35. The molecular formula is C25H31N5OS. The molecule has 0 unspecified atom stereocenters. The maximum Gasteiger partial charge on any atom is 0.195 e. The van der Waals surface area contributed by atoms with Gasteiger partial charge in [0.15, 0.2) is 17.7 Å². The first-order valence-corrected chi connectivity index (χ1v) is 12.2. The maximum absolute atomic E-state index is 6.00. The van der Waals surface area contributed by atoms with Gasteiger partial charge < -0.3 is 15.4 Å². The first kappa shape index (κ1) is 22.4. The Morgan fingerprint density at radius 3 is 2.75 bits per heavy atom. The Kier molecular flexibility index (Phi) is 7.47. The van der Waals surface area contributed by atoms with Gasteiger partial charge in [-0.2, -0.15) is 4.40 Å². The largest absolute Gasteiger partial charge is 0.481 e. The molecule has 2 aromatic carbocycles. The fraction of sp³-hybridized carbons (Fsp3) is 0.400. The summed E-state index contributed by atoms with van der Waals surface area (Å²) >= 11 is 1.35. The van der Waals surface area contributed by atoms with E-state index < -0.39 is 0 Å². The Morgan fingerprint density at radius 2 is 1.97 bits per heavy atom. The van der Waals surface area contributed by atoms with E-state index in [-0.39, 0.29) is 0 Å². The molecule has 7 heteroatoms. The number of hydrogen-bond donors (Lipinski definition) is 2. The first-order chi connectivity index (χ1) is 15.6. The number of aryl methyl sites for hydroxylation is 4. The lowest BCUT2D eigenvalue weighted by Gasteiger charge is -2.18. The van der Waals surface area contributed by atoms with Gasteiger partial charge in [-0.15, -0.1) is 0 Å². The van der Waals surface area contributed by atoms with E-state index in [9.17, 15) is 0 Å². The Morgan fingerprint density at radius 1 is 1.12 bits per heavy atom. The van der Waals surface area contributed by atoms with Gasteiger partial charge in [-0.1, -0.05) is 12.1 Å². The molecule has 32 heavy (non-hydrogen) atoms. The van der Waals surface area contributed by atoms with E-state index in [1.54, 1.807) is 0 Å². The molecule has 0 bridgehead atoms. The van der Waals surface area contributed by atoms with E-state index in [2.05, 4.69) is 69.0 Å². The van der Waals surface area contributed by atoms with Gasteiger partial charge in [0.05, 0.1) is 0 Å². The van der Waals surface area contributed by atoms with E-state index in [1.165, 1.54) is 42.3 Å². The number of anilines is 1. The van der Waals surface area contributed by atoms with Gasteiger partial charge in [0.2, 0.25) is 0 Å². The molecule has 0 spiro atoms. The van der Waals surface area contributed by atoms with Crippen molar-refractivity contribution < 1.29 is 4.74 Å². The molecule has 0 aromatic heterocycles. The van der Waals surface area contributed by atoms with E-state index in [0.717, 1.165) is 60.0 Å². The van der Waals surface area contributed by atoms with Gasteiger partial charge >= 0.3 is 0 Å². The van der Waals surface area contributed by atoms with Crippen LogP contribution < -0.4 is 15.4 Å². The maximum atomic E-state index is 6.00. The zero-order valence-electron chi connectivity index (χ0n) is 18.9. The van der Waals surface area contributed by atoms with Crippen molar-refractivity contribution in [2.24, 2.45) is 14.4 Å². The number of hydrogen-bond acceptors (Lipinski definition) is 6. The molecular weight excluding hydrogens is 418 g/mol. The number of benzene rings is 2. The lowest BCUT2D eigenvalue weighted by molar-refractivity contribution is 0.390. The summed E-state index contributed by atoms with van der Waals surface area (Å²) in [6.07, 6.45) is 5.92. The van der Waals surface area contributed by atoms with Gasteiger partial charge in [0.25, 0.3) is 0 Å². The fourth-order valence-corrected chi connectivity index (χ4v) is 4.56. The summed E-state index contributed by atoms with van der Waals surface area (Å²) in [7, 11) is 0. The summed E-state index contributed by atoms with van der Waals surface area (Å²) in [6, 6.07) is 10.7. The van der Waals surface area contributed by atoms with Gasteiger partial charge in [0.1, 0.15) is 5.75 Å². The molecule has 0 amide bonds. The number of rotatable bonds is 6. The molecule has 0 radical (unpaired) electrons. The Bertz CT molecular complexity index is 1050. The standard InChI is InChI=1S/C25H31N5OS/c1-17-14-23(18(2)13-22(17)29-25-27-11-6-12-28-25)31-16-32-30-24(26-3)21-10-9-19-7-4-5-8-20(19)15-21/h9-10,13-15H,3-8,11-12,16H2,1-2H3,(H2,27,28,29)/b30-24-. The Labute approximate surface area is 194 Å². The summed E-state index contributed by atoms with van der Waals surface area (Å²) in [4.78, 5) is 8.63. The average Bonchev–Trinajstić information content (AvgIpc) is 2.82. The van der Waals surface area contributed by atoms with Gasteiger partial charge in [-0.3, -0.25) is 4.99 Å². The third-order valence-electron chi connectivity index (χ3n) is 5.85. The number of nitrogens with zero attached hydrogens (tertiary/aromatic N) is 3. The number of fused-ring (bicyclic) bond motifs is 1. The molecule has 0 saturated heterocycles. The van der Waals surface area contributed by atoms with Crippen LogP contribution in [0.15, 0.2) is 44.7 Å². The average molecular weight is 450 g/mol. The highest BCUT2D eigenvalue weighted by atomic mass is 32.2. The van der Waals surface area contributed by atoms with Crippen LogP contribution in [0.1, 0.15) is 47.1 Å². The molecule has 6 nitrogen and oxygen atoms in total. The summed E-state index contributed by atoms with van der Waals surface area (Å²) in [5, 5.41) is 6.68. The van der Waals surface area contributed by atoms with Gasteiger partial charge in [-0.05, 0) is 93.1 Å². The van der Waals surface area contributed by atoms with Crippen molar-refractivity contribution in [3.05, 3.63) is 58.1 Å². The normalized spacial score (nSPS) is 15.9. The molecule has 2 N–H and O–H groups in total. The van der Waals surface area contributed by atoms with Crippen LogP contribution in [0.3, 0.4) is 0 Å². The molecule has 0 saturated carbocycles. The van der Waals surface area contributed by atoms with Crippen LogP contribution in [0, 0.1) is 13.8 Å². The number of ether oxygens (including phenoxy) is 1. The predicted molar refractivity (Wildman–Crippen MR) is 137 cm³/mol. The summed E-state index contributed by atoms with van der Waals surface area (Å²) in [5.74, 6) is 2.76. The highest BCUT2D eigenvalue weighted by Crippen LogP contribution is 2.28. The van der Waals surface area contributed by atoms with E-state index in [4.69, 9.17) is 4.74 Å². The van der Waals surface area contributed by atoms with E-state index in [1.807, 2.05) is 6.92 Å². The van der Waals surface area contributed by atoms with E-state index in [0.29, 0.717) is 11.8 Å². The predicted octanol–water partition coefficient (Wildman–Crippen LogP) is 5.08. The minimum Gasteiger partial charge on any atom is -0.481 e. The monoisotopic (exact) mass is 449 g/mol. The van der Waals surface area contributed by atoms with Crippen LogP contribution in [0.5, 0.6) is 5.75 Å². The minimum absolute atomic E-state index is 0.408. The highest BCUT2D eigenvalue weighted by Gasteiger charge is 2.12. The van der Waals surface area contributed by atoms with Crippen LogP contribution in [0.25, 0.3) is 0 Å². The van der Waals surface area contributed by atoms with Crippen molar-refractivity contribution in [2.45, 2.75) is 46.0 Å². The van der Waals surface area contributed by atoms with Crippen LogP contribution in [-0.2, 0) is 12.8 Å². The summed E-state index contributed by atoms with van der Waals surface area (Å²) in [6.45, 7) is 9.65. The van der Waals surface area contributed by atoms with Crippen molar-refractivity contribution in [1.82, 2.24) is 5.32 Å². The second-order valence-electron chi connectivity index (χ2n) is 8.22. The third-order valence-corrected chi connectivity index (χ3v) is 6.37. The zero-order valence-corrected chi connectivity index (χ0v) is 19.7.